The lowest BCUT2D eigenvalue weighted by Crippen LogP contribution is -2.23. The van der Waals surface area contributed by atoms with Crippen LogP contribution in [0.1, 0.15) is 24.5 Å². The van der Waals surface area contributed by atoms with Crippen LogP contribution in [-0.2, 0) is 4.74 Å². The number of rotatable bonds is 2. The van der Waals surface area contributed by atoms with E-state index >= 15 is 0 Å². The maximum absolute atomic E-state index is 5.92. The molecule has 1 aromatic heterocycles. The first-order valence-electron chi connectivity index (χ1n) is 4.99. The molecule has 1 aliphatic rings. The molecule has 1 fully saturated rings. The molecule has 1 aliphatic heterocycles. The van der Waals surface area contributed by atoms with Crippen LogP contribution in [0.4, 0.5) is 0 Å². The highest BCUT2D eigenvalue weighted by molar-refractivity contribution is 6.18. The number of halogens is 1. The molecule has 1 saturated heterocycles. The molecule has 14 heavy (non-hydrogen) atoms. The topological polar surface area (TPSA) is 22.1 Å². The van der Waals surface area contributed by atoms with Crippen LogP contribution >= 0.6 is 11.6 Å². The van der Waals surface area contributed by atoms with Crippen LogP contribution in [0.15, 0.2) is 24.5 Å². The molecule has 1 aromatic rings. The second kappa shape index (κ2) is 4.76. The molecule has 0 aromatic carbocycles. The van der Waals surface area contributed by atoms with Crippen LogP contribution in [0.25, 0.3) is 0 Å². The summed E-state index contributed by atoms with van der Waals surface area (Å²) in [5, 5.41) is 0. The summed E-state index contributed by atoms with van der Waals surface area (Å²) in [6.07, 6.45) is 6.07. The van der Waals surface area contributed by atoms with E-state index < -0.39 is 0 Å². The highest BCUT2D eigenvalue weighted by Gasteiger charge is 2.26. The number of hydrogen-bond acceptors (Lipinski definition) is 2. The van der Waals surface area contributed by atoms with Crippen LogP contribution in [0.5, 0.6) is 0 Å². The van der Waals surface area contributed by atoms with Crippen molar-refractivity contribution < 1.29 is 4.74 Å². The first kappa shape index (κ1) is 9.94. The molecule has 0 bridgehead atoms. The Morgan fingerprint density at radius 3 is 3.21 bits per heavy atom. The molecule has 0 radical (unpaired) electrons. The second-order valence-corrected chi connectivity index (χ2v) is 3.94. The minimum absolute atomic E-state index is 0.148. The summed E-state index contributed by atoms with van der Waals surface area (Å²) in [6, 6.07) is 4.00. The van der Waals surface area contributed by atoms with Crippen LogP contribution < -0.4 is 0 Å². The monoisotopic (exact) mass is 211 g/mol. The summed E-state index contributed by atoms with van der Waals surface area (Å²) in [5.74, 6) is 1.11. The summed E-state index contributed by atoms with van der Waals surface area (Å²) in [7, 11) is 0. The van der Waals surface area contributed by atoms with Gasteiger partial charge in [0.1, 0.15) is 0 Å². The van der Waals surface area contributed by atoms with E-state index in [4.69, 9.17) is 16.3 Å². The van der Waals surface area contributed by atoms with Gasteiger partial charge in [0.05, 0.1) is 6.10 Å². The maximum Gasteiger partial charge on any atom is 0.0879 e. The third-order valence-corrected chi connectivity index (χ3v) is 3.05. The number of pyridine rings is 1. The van der Waals surface area contributed by atoms with E-state index in [0.29, 0.717) is 11.8 Å². The first-order chi connectivity index (χ1) is 6.92. The van der Waals surface area contributed by atoms with Crippen LogP contribution in [0, 0.1) is 5.92 Å². The fraction of sp³-hybridized carbons (Fsp3) is 0.545. The lowest BCUT2D eigenvalue weighted by atomic mass is 9.92. The summed E-state index contributed by atoms with van der Waals surface area (Å²) < 4.78 is 5.74. The smallest absolute Gasteiger partial charge is 0.0879 e. The predicted molar refractivity (Wildman–Crippen MR) is 56.4 cm³/mol. The Kier molecular flexibility index (Phi) is 3.38. The van der Waals surface area contributed by atoms with Gasteiger partial charge in [-0.3, -0.25) is 4.98 Å². The molecule has 0 N–H and O–H groups in total. The van der Waals surface area contributed by atoms with E-state index in [2.05, 4.69) is 11.1 Å². The molecular formula is C11H14ClNO. The van der Waals surface area contributed by atoms with Gasteiger partial charge in [-0.1, -0.05) is 6.07 Å². The Bertz CT molecular complexity index is 278. The minimum atomic E-state index is 0.148. The minimum Gasteiger partial charge on any atom is -0.373 e. The van der Waals surface area contributed by atoms with Gasteiger partial charge in [0.25, 0.3) is 0 Å². The van der Waals surface area contributed by atoms with Crippen molar-refractivity contribution in [3.63, 3.8) is 0 Å². The van der Waals surface area contributed by atoms with E-state index in [9.17, 15) is 0 Å². The standard InChI is InChI=1S/C11H14ClNO/c12-7-9-4-2-6-14-11(9)10-3-1-5-13-8-10/h1,3,5,8-9,11H,2,4,6-7H2. The lowest BCUT2D eigenvalue weighted by Gasteiger charge is -2.30. The zero-order valence-corrected chi connectivity index (χ0v) is 8.78. The molecule has 2 atom stereocenters. The Hall–Kier alpha value is -0.600. The number of nitrogens with zero attached hydrogens (tertiary/aromatic N) is 1. The molecule has 3 heteroatoms. The van der Waals surface area contributed by atoms with E-state index in [0.717, 1.165) is 25.0 Å². The normalized spacial score (nSPS) is 27.5. The zero-order valence-electron chi connectivity index (χ0n) is 8.03. The molecule has 0 aliphatic carbocycles. The van der Waals surface area contributed by atoms with Crippen LogP contribution in [0.2, 0.25) is 0 Å². The highest BCUT2D eigenvalue weighted by Crippen LogP contribution is 2.33. The van der Waals surface area contributed by atoms with Gasteiger partial charge in [0.2, 0.25) is 0 Å². The maximum atomic E-state index is 5.92. The second-order valence-electron chi connectivity index (χ2n) is 3.63. The summed E-state index contributed by atoms with van der Waals surface area (Å²) in [4.78, 5) is 4.11. The molecule has 2 rings (SSSR count). The molecule has 0 spiro atoms. The van der Waals surface area contributed by atoms with Crippen LogP contribution in [0.3, 0.4) is 0 Å². The van der Waals surface area contributed by atoms with Gasteiger partial charge < -0.3 is 4.74 Å². The van der Waals surface area contributed by atoms with Gasteiger partial charge in [-0.05, 0) is 24.5 Å². The SMILES string of the molecule is ClCC1CCCOC1c1cccnc1. The fourth-order valence-electron chi connectivity index (χ4n) is 1.91. The molecule has 76 valence electrons. The molecule has 2 unspecified atom stereocenters. The Labute approximate surface area is 89.3 Å². The van der Waals surface area contributed by atoms with Gasteiger partial charge in [0, 0.05) is 30.8 Å². The fourth-order valence-corrected chi connectivity index (χ4v) is 2.23. The average Bonchev–Trinajstić information content (AvgIpc) is 2.30. The Morgan fingerprint density at radius 1 is 1.57 bits per heavy atom. The predicted octanol–water partition coefficient (Wildman–Crippen LogP) is 2.79. The summed E-state index contributed by atoms with van der Waals surface area (Å²) in [6.45, 7) is 0.840. The first-order valence-corrected chi connectivity index (χ1v) is 5.53. The van der Waals surface area contributed by atoms with Crippen molar-refractivity contribution in [3.8, 4) is 0 Å². The Balaban J connectivity index is 2.15. The number of ether oxygens (including phenoxy) is 1. The van der Waals surface area contributed by atoms with E-state index in [1.54, 1.807) is 6.20 Å². The van der Waals surface area contributed by atoms with Crippen molar-refractivity contribution in [3.05, 3.63) is 30.1 Å². The van der Waals surface area contributed by atoms with Crippen molar-refractivity contribution in [1.82, 2.24) is 4.98 Å². The van der Waals surface area contributed by atoms with Crippen molar-refractivity contribution in [2.24, 2.45) is 5.92 Å². The molecular weight excluding hydrogens is 198 g/mol. The molecule has 0 amide bonds. The Morgan fingerprint density at radius 2 is 2.50 bits per heavy atom. The van der Waals surface area contributed by atoms with Gasteiger partial charge in [-0.15, -0.1) is 11.6 Å². The van der Waals surface area contributed by atoms with E-state index in [1.807, 2.05) is 12.3 Å². The number of hydrogen-bond donors (Lipinski definition) is 0. The van der Waals surface area contributed by atoms with Gasteiger partial charge in [-0.2, -0.15) is 0 Å². The average molecular weight is 212 g/mol. The number of alkyl halides is 1. The van der Waals surface area contributed by atoms with Gasteiger partial charge in [-0.25, -0.2) is 0 Å². The quantitative estimate of drug-likeness (QED) is 0.702. The van der Waals surface area contributed by atoms with E-state index in [1.165, 1.54) is 0 Å². The summed E-state index contributed by atoms with van der Waals surface area (Å²) >= 11 is 5.92. The summed E-state index contributed by atoms with van der Waals surface area (Å²) in [5.41, 5.74) is 1.15. The van der Waals surface area contributed by atoms with Crippen molar-refractivity contribution in [1.29, 1.82) is 0 Å². The van der Waals surface area contributed by atoms with Gasteiger partial charge >= 0.3 is 0 Å². The third kappa shape index (κ3) is 2.07. The third-order valence-electron chi connectivity index (χ3n) is 2.66. The van der Waals surface area contributed by atoms with Crippen molar-refractivity contribution in [2.45, 2.75) is 18.9 Å². The van der Waals surface area contributed by atoms with Gasteiger partial charge in [0.15, 0.2) is 0 Å². The van der Waals surface area contributed by atoms with Crippen LogP contribution in [-0.4, -0.2) is 17.5 Å². The molecule has 0 saturated carbocycles. The highest BCUT2D eigenvalue weighted by atomic mass is 35.5. The van der Waals surface area contributed by atoms with Crippen molar-refractivity contribution >= 4 is 11.6 Å². The zero-order chi connectivity index (χ0) is 9.80. The number of aromatic nitrogens is 1. The largest absolute Gasteiger partial charge is 0.373 e. The molecule has 2 nitrogen and oxygen atoms in total. The lowest BCUT2D eigenvalue weighted by molar-refractivity contribution is -0.0210. The van der Waals surface area contributed by atoms with E-state index in [-0.39, 0.29) is 6.10 Å². The van der Waals surface area contributed by atoms with Crippen molar-refractivity contribution in [2.75, 3.05) is 12.5 Å². The molecule has 2 heterocycles.